The van der Waals surface area contributed by atoms with Crippen LogP contribution in [-0.4, -0.2) is 4.98 Å². The monoisotopic (exact) mass is 331 g/mol. The fraction of sp³-hybridized carbons (Fsp3) is 0. The summed E-state index contributed by atoms with van der Waals surface area (Å²) >= 11 is 3.23. The number of nitrogens with two attached hydrogens (primary N) is 1. The van der Waals surface area contributed by atoms with Crippen LogP contribution in [0.4, 0.5) is 21.5 Å². The number of nitrogens with zero attached hydrogens (tertiary/aromatic N) is 1. The van der Waals surface area contributed by atoms with Crippen LogP contribution in [-0.2, 0) is 0 Å². The Morgan fingerprint density at radius 2 is 1.95 bits per heavy atom. The summed E-state index contributed by atoms with van der Waals surface area (Å²) in [5, 5.41) is 3.91. The van der Waals surface area contributed by atoms with Gasteiger partial charge in [-0.15, -0.1) is 0 Å². The number of nitrogen functional groups attached to an aromatic ring is 1. The second kappa shape index (κ2) is 5.09. The standard InChI is InChI=1S/C15H11BrFN3/c16-9-5-6-14(11(17)7-9)20-15-10-3-1-2-4-13(10)19-8-12(15)18/h1-8H,18H2,(H,19,20). The number of rotatable bonds is 2. The van der Waals surface area contributed by atoms with E-state index in [-0.39, 0.29) is 5.82 Å². The molecule has 3 nitrogen and oxygen atoms in total. The number of aromatic nitrogens is 1. The molecule has 3 N–H and O–H groups in total. The first-order valence-corrected chi connectivity index (χ1v) is 6.80. The van der Waals surface area contributed by atoms with Gasteiger partial charge in [-0.3, -0.25) is 4.98 Å². The van der Waals surface area contributed by atoms with E-state index in [4.69, 9.17) is 5.73 Å². The topological polar surface area (TPSA) is 50.9 Å². The predicted molar refractivity (Wildman–Crippen MR) is 83.5 cm³/mol. The minimum absolute atomic E-state index is 0.348. The fourth-order valence-corrected chi connectivity index (χ4v) is 2.35. The van der Waals surface area contributed by atoms with E-state index in [1.54, 1.807) is 18.3 Å². The molecular weight excluding hydrogens is 321 g/mol. The van der Waals surface area contributed by atoms with Crippen LogP contribution in [0.1, 0.15) is 0 Å². The molecule has 0 aliphatic heterocycles. The summed E-state index contributed by atoms with van der Waals surface area (Å²) in [5.41, 5.74) is 8.28. The Labute approximate surface area is 123 Å². The van der Waals surface area contributed by atoms with Crippen molar-refractivity contribution in [3.63, 3.8) is 0 Å². The summed E-state index contributed by atoms with van der Waals surface area (Å²) < 4.78 is 14.6. The van der Waals surface area contributed by atoms with Gasteiger partial charge in [-0.1, -0.05) is 34.1 Å². The maximum Gasteiger partial charge on any atom is 0.147 e. The molecule has 0 bridgehead atoms. The van der Waals surface area contributed by atoms with Gasteiger partial charge in [0.15, 0.2) is 0 Å². The third-order valence-corrected chi connectivity index (χ3v) is 3.49. The molecule has 0 atom stereocenters. The second-order valence-corrected chi connectivity index (χ2v) is 5.27. The first kappa shape index (κ1) is 12.9. The Balaban J connectivity index is 2.12. The van der Waals surface area contributed by atoms with Gasteiger partial charge in [-0.25, -0.2) is 4.39 Å². The highest BCUT2D eigenvalue weighted by molar-refractivity contribution is 9.10. The number of benzene rings is 2. The van der Waals surface area contributed by atoms with Crippen LogP contribution < -0.4 is 11.1 Å². The molecule has 0 saturated carbocycles. The molecule has 20 heavy (non-hydrogen) atoms. The van der Waals surface area contributed by atoms with Crippen molar-refractivity contribution in [3.05, 3.63) is 59.0 Å². The molecule has 0 unspecified atom stereocenters. The normalized spacial score (nSPS) is 10.7. The van der Waals surface area contributed by atoms with E-state index in [2.05, 4.69) is 26.2 Å². The van der Waals surface area contributed by atoms with Crippen LogP contribution in [0, 0.1) is 5.82 Å². The molecule has 3 rings (SSSR count). The molecular formula is C15H11BrFN3. The molecule has 0 radical (unpaired) electrons. The largest absolute Gasteiger partial charge is 0.396 e. The molecule has 1 heterocycles. The molecule has 3 aromatic rings. The van der Waals surface area contributed by atoms with Crippen molar-refractivity contribution >= 4 is 43.9 Å². The molecule has 0 aliphatic rings. The van der Waals surface area contributed by atoms with Crippen molar-refractivity contribution in [2.75, 3.05) is 11.1 Å². The number of pyridine rings is 1. The zero-order chi connectivity index (χ0) is 14.1. The minimum atomic E-state index is -0.348. The van der Waals surface area contributed by atoms with Crippen molar-refractivity contribution in [2.45, 2.75) is 0 Å². The Hall–Kier alpha value is -2.14. The number of halogens is 2. The second-order valence-electron chi connectivity index (χ2n) is 4.35. The Bertz CT molecular complexity index is 789. The fourth-order valence-electron chi connectivity index (χ4n) is 2.02. The first-order valence-electron chi connectivity index (χ1n) is 6.00. The van der Waals surface area contributed by atoms with Gasteiger partial charge < -0.3 is 11.1 Å². The van der Waals surface area contributed by atoms with Gasteiger partial charge in [0.1, 0.15) is 5.82 Å². The van der Waals surface area contributed by atoms with Crippen molar-refractivity contribution in [1.82, 2.24) is 4.98 Å². The number of hydrogen-bond donors (Lipinski definition) is 2. The Kier molecular flexibility index (Phi) is 3.28. The average molecular weight is 332 g/mol. The maximum atomic E-state index is 13.9. The van der Waals surface area contributed by atoms with E-state index < -0.39 is 0 Å². The first-order chi connectivity index (χ1) is 9.65. The molecule has 0 fully saturated rings. The Morgan fingerprint density at radius 1 is 1.15 bits per heavy atom. The lowest BCUT2D eigenvalue weighted by atomic mass is 10.1. The number of nitrogens with one attached hydrogen (secondary N) is 1. The lowest BCUT2D eigenvalue weighted by Gasteiger charge is -2.13. The van der Waals surface area contributed by atoms with Gasteiger partial charge in [0.05, 0.1) is 28.8 Å². The molecule has 100 valence electrons. The molecule has 5 heteroatoms. The van der Waals surface area contributed by atoms with Crippen molar-refractivity contribution in [2.24, 2.45) is 0 Å². The van der Waals surface area contributed by atoms with E-state index >= 15 is 0 Å². The molecule has 2 aromatic carbocycles. The van der Waals surface area contributed by atoms with Crippen LogP contribution in [0.25, 0.3) is 10.9 Å². The quantitative estimate of drug-likeness (QED) is 0.728. The van der Waals surface area contributed by atoms with Gasteiger partial charge in [0.25, 0.3) is 0 Å². The van der Waals surface area contributed by atoms with Gasteiger partial charge in [-0.2, -0.15) is 0 Å². The highest BCUT2D eigenvalue weighted by Crippen LogP contribution is 2.32. The van der Waals surface area contributed by atoms with Gasteiger partial charge in [0.2, 0.25) is 0 Å². The van der Waals surface area contributed by atoms with E-state index in [1.807, 2.05) is 24.3 Å². The predicted octanol–water partition coefficient (Wildman–Crippen LogP) is 4.46. The highest BCUT2D eigenvalue weighted by Gasteiger charge is 2.09. The van der Waals surface area contributed by atoms with Crippen LogP contribution in [0.5, 0.6) is 0 Å². The third kappa shape index (κ3) is 2.32. The maximum absolute atomic E-state index is 13.9. The van der Waals surface area contributed by atoms with E-state index in [1.165, 1.54) is 6.07 Å². The van der Waals surface area contributed by atoms with Gasteiger partial charge >= 0.3 is 0 Å². The van der Waals surface area contributed by atoms with Crippen molar-refractivity contribution in [1.29, 1.82) is 0 Å². The Morgan fingerprint density at radius 3 is 2.75 bits per heavy atom. The highest BCUT2D eigenvalue weighted by atomic mass is 79.9. The SMILES string of the molecule is Nc1cnc2ccccc2c1Nc1ccc(Br)cc1F. The third-order valence-electron chi connectivity index (χ3n) is 3.00. The number of fused-ring (bicyclic) bond motifs is 1. The summed E-state index contributed by atoms with van der Waals surface area (Å²) in [7, 11) is 0. The molecule has 0 spiro atoms. The lowest BCUT2D eigenvalue weighted by Crippen LogP contribution is -2.00. The summed E-state index contributed by atoms with van der Waals surface area (Å²) in [5.74, 6) is -0.348. The van der Waals surface area contributed by atoms with Crippen molar-refractivity contribution in [3.8, 4) is 0 Å². The van der Waals surface area contributed by atoms with Crippen LogP contribution in [0.3, 0.4) is 0 Å². The minimum Gasteiger partial charge on any atom is -0.396 e. The van der Waals surface area contributed by atoms with E-state index in [0.29, 0.717) is 21.5 Å². The molecule has 0 aliphatic carbocycles. The van der Waals surface area contributed by atoms with Crippen molar-refractivity contribution < 1.29 is 4.39 Å². The van der Waals surface area contributed by atoms with Crippen LogP contribution >= 0.6 is 15.9 Å². The van der Waals surface area contributed by atoms with E-state index in [0.717, 1.165) is 10.9 Å². The average Bonchev–Trinajstić information content (AvgIpc) is 2.44. The number of hydrogen-bond acceptors (Lipinski definition) is 3. The zero-order valence-corrected chi connectivity index (χ0v) is 12.0. The van der Waals surface area contributed by atoms with Crippen LogP contribution in [0.2, 0.25) is 0 Å². The number of anilines is 3. The summed E-state index contributed by atoms with van der Waals surface area (Å²) in [6.07, 6.45) is 1.57. The van der Waals surface area contributed by atoms with Gasteiger partial charge in [0, 0.05) is 9.86 Å². The van der Waals surface area contributed by atoms with Gasteiger partial charge in [-0.05, 0) is 24.3 Å². The lowest BCUT2D eigenvalue weighted by molar-refractivity contribution is 0.631. The summed E-state index contributed by atoms with van der Waals surface area (Å²) in [4.78, 5) is 4.25. The molecule has 0 amide bonds. The molecule has 1 aromatic heterocycles. The molecule has 0 saturated heterocycles. The zero-order valence-electron chi connectivity index (χ0n) is 10.4. The van der Waals surface area contributed by atoms with E-state index in [9.17, 15) is 4.39 Å². The summed E-state index contributed by atoms with van der Waals surface area (Å²) in [6, 6.07) is 12.4. The van der Waals surface area contributed by atoms with Crippen LogP contribution in [0.15, 0.2) is 53.1 Å². The smallest absolute Gasteiger partial charge is 0.147 e. The summed E-state index contributed by atoms with van der Waals surface area (Å²) in [6.45, 7) is 0. The number of para-hydroxylation sites is 1.